The Morgan fingerprint density at radius 2 is 1.64 bits per heavy atom. The fourth-order valence-corrected chi connectivity index (χ4v) is 8.57. The number of hydrogen-bond donors (Lipinski definition) is 3. The zero-order valence-corrected chi connectivity index (χ0v) is 32.2. The molecule has 2 aromatic heterocycles. The van der Waals surface area contributed by atoms with E-state index >= 15 is 0 Å². The van der Waals surface area contributed by atoms with Crippen molar-refractivity contribution >= 4 is 41.1 Å². The highest BCUT2D eigenvalue weighted by molar-refractivity contribution is 6.42. The fourth-order valence-electron chi connectivity index (χ4n) is 8.27. The Morgan fingerprint density at radius 3 is 2.31 bits per heavy atom. The number of likely N-dealkylation sites (tertiary alicyclic amines) is 2. The summed E-state index contributed by atoms with van der Waals surface area (Å²) >= 11 is 13.0. The number of nitrogens with one attached hydrogen (secondary N) is 2. The van der Waals surface area contributed by atoms with Gasteiger partial charge in [0.15, 0.2) is 0 Å². The van der Waals surface area contributed by atoms with E-state index in [4.69, 9.17) is 27.9 Å². The summed E-state index contributed by atoms with van der Waals surface area (Å²) in [5, 5.41) is 24.3. The number of ether oxygens (including phenoxy) is 1. The molecule has 0 saturated carbocycles. The van der Waals surface area contributed by atoms with Crippen LogP contribution in [0.5, 0.6) is 5.75 Å². The summed E-state index contributed by atoms with van der Waals surface area (Å²) in [4.78, 5) is 51.3. The number of carboxylic acids is 1. The van der Waals surface area contributed by atoms with E-state index in [-0.39, 0.29) is 23.9 Å². The SMILES string of the molecule is COc1ccc(-c2cn[nH]n2)cc1C(=O)N1CCC(CCN2CCC(NC(=O)N3CCN(CC(=O)O)CC3)(c3ccncc3)CC2)(c2ccc(Cl)c(Cl)c2)C1. The van der Waals surface area contributed by atoms with Crippen molar-refractivity contribution in [3.05, 3.63) is 93.9 Å². The highest BCUT2D eigenvalue weighted by Gasteiger charge is 2.44. The number of carbonyl (C=O) groups is 3. The van der Waals surface area contributed by atoms with Crippen molar-refractivity contribution in [3.63, 3.8) is 0 Å². The van der Waals surface area contributed by atoms with Crippen molar-refractivity contribution in [2.24, 2.45) is 0 Å². The number of hydrogen-bond acceptors (Lipinski definition) is 9. The average molecular weight is 791 g/mol. The number of methoxy groups -OCH3 is 1. The van der Waals surface area contributed by atoms with Gasteiger partial charge in [-0.15, -0.1) is 0 Å². The van der Waals surface area contributed by atoms with Gasteiger partial charge in [-0.1, -0.05) is 29.3 Å². The number of benzene rings is 2. The minimum Gasteiger partial charge on any atom is -0.496 e. The molecule has 3 saturated heterocycles. The number of aliphatic carboxylic acids is 1. The van der Waals surface area contributed by atoms with Gasteiger partial charge in [-0.2, -0.15) is 15.4 Å². The third-order valence-corrected chi connectivity index (χ3v) is 12.3. The van der Waals surface area contributed by atoms with E-state index < -0.39 is 11.5 Å². The Kier molecular flexibility index (Phi) is 11.6. The van der Waals surface area contributed by atoms with E-state index in [9.17, 15) is 19.5 Å². The first-order chi connectivity index (χ1) is 26.6. The maximum absolute atomic E-state index is 14.2. The monoisotopic (exact) mass is 789 g/mol. The number of aromatic nitrogens is 4. The second kappa shape index (κ2) is 16.5. The van der Waals surface area contributed by atoms with Crippen LogP contribution in [0.3, 0.4) is 0 Å². The standard InChI is InChI=1S/C39H45Cl2N9O5/c1-55-34-5-2-27(33-24-43-46-45-33)22-30(34)36(53)50-17-9-38(26-50,29-3-4-31(40)32(41)23-29)8-14-47-15-10-39(11-16-47,28-6-12-42-13-7-28)44-37(54)49-20-18-48(19-21-49)25-35(51)52/h2-7,12-13,22-24H,8-11,14-21,25-26H2,1H3,(H,44,54)(H,51,52)(H,43,45,46). The number of carboxylic acid groups (broad SMARTS) is 1. The van der Waals surface area contributed by atoms with Crippen LogP contribution in [0.15, 0.2) is 67.1 Å². The van der Waals surface area contributed by atoms with Crippen molar-refractivity contribution in [2.75, 3.05) is 72.6 Å². The molecule has 14 nitrogen and oxygen atoms in total. The lowest BCUT2D eigenvalue weighted by Crippen LogP contribution is -2.59. The van der Waals surface area contributed by atoms with Crippen LogP contribution >= 0.6 is 23.2 Å². The zero-order valence-electron chi connectivity index (χ0n) is 30.7. The van der Waals surface area contributed by atoms with Crippen LogP contribution < -0.4 is 10.1 Å². The van der Waals surface area contributed by atoms with Gasteiger partial charge >= 0.3 is 12.0 Å². The summed E-state index contributed by atoms with van der Waals surface area (Å²) in [6.07, 6.45) is 8.06. The van der Waals surface area contributed by atoms with Gasteiger partial charge in [0.1, 0.15) is 11.4 Å². The molecule has 4 aromatic rings. The molecule has 55 heavy (non-hydrogen) atoms. The summed E-state index contributed by atoms with van der Waals surface area (Å²) in [7, 11) is 1.56. The van der Waals surface area contributed by atoms with Crippen LogP contribution in [0.25, 0.3) is 11.3 Å². The molecule has 0 spiro atoms. The molecule has 3 aliphatic heterocycles. The van der Waals surface area contributed by atoms with Crippen LogP contribution in [0.4, 0.5) is 4.79 Å². The van der Waals surface area contributed by atoms with Crippen LogP contribution in [-0.2, 0) is 15.7 Å². The summed E-state index contributed by atoms with van der Waals surface area (Å²) in [6, 6.07) is 15.0. The summed E-state index contributed by atoms with van der Waals surface area (Å²) in [6.45, 7) is 5.26. The molecular formula is C39H45Cl2N9O5. The summed E-state index contributed by atoms with van der Waals surface area (Å²) in [5.74, 6) is -0.500. The number of pyridine rings is 1. The molecule has 5 heterocycles. The number of piperidine rings is 1. The van der Waals surface area contributed by atoms with Crippen molar-refractivity contribution in [1.82, 2.24) is 45.3 Å². The Bertz CT molecular complexity index is 1990. The number of H-pyrrole nitrogens is 1. The summed E-state index contributed by atoms with van der Waals surface area (Å²) < 4.78 is 5.63. The predicted molar refractivity (Wildman–Crippen MR) is 207 cm³/mol. The predicted octanol–water partition coefficient (Wildman–Crippen LogP) is 4.76. The van der Waals surface area contributed by atoms with E-state index in [1.165, 1.54) is 0 Å². The topological polar surface area (TPSA) is 160 Å². The van der Waals surface area contributed by atoms with Gasteiger partial charge in [0.25, 0.3) is 5.91 Å². The van der Waals surface area contributed by atoms with Gasteiger partial charge in [0.2, 0.25) is 0 Å². The van der Waals surface area contributed by atoms with Gasteiger partial charge in [0.05, 0.1) is 41.0 Å². The van der Waals surface area contributed by atoms with Gasteiger partial charge < -0.3 is 29.9 Å². The zero-order chi connectivity index (χ0) is 38.6. The van der Waals surface area contributed by atoms with Crippen LogP contribution in [0.2, 0.25) is 10.0 Å². The van der Waals surface area contributed by atoms with E-state index in [1.807, 2.05) is 46.2 Å². The van der Waals surface area contributed by atoms with Crippen molar-refractivity contribution in [3.8, 4) is 17.0 Å². The number of aromatic amines is 1. The van der Waals surface area contributed by atoms with Crippen molar-refractivity contribution in [2.45, 2.75) is 36.6 Å². The highest BCUT2D eigenvalue weighted by Crippen LogP contribution is 2.42. The van der Waals surface area contributed by atoms with Gasteiger partial charge in [-0.25, -0.2) is 4.79 Å². The Morgan fingerprint density at radius 1 is 0.873 bits per heavy atom. The number of halogens is 2. The molecule has 1 atom stereocenters. The Hall–Kier alpha value is -4.76. The van der Waals surface area contributed by atoms with Crippen LogP contribution in [0, 0.1) is 0 Å². The molecule has 0 aliphatic carbocycles. The Balaban J connectivity index is 1.06. The molecule has 3 aliphatic rings. The number of urea groups is 1. The number of rotatable bonds is 11. The van der Waals surface area contributed by atoms with E-state index in [0.717, 1.165) is 49.2 Å². The maximum atomic E-state index is 14.2. The van der Waals surface area contributed by atoms with Gasteiger partial charge in [-0.3, -0.25) is 19.5 Å². The fraction of sp³-hybridized carbons (Fsp3) is 0.436. The number of nitrogens with zero attached hydrogens (tertiary/aromatic N) is 7. The third kappa shape index (κ3) is 8.42. The smallest absolute Gasteiger partial charge is 0.318 e. The molecule has 7 rings (SSSR count). The van der Waals surface area contributed by atoms with Crippen LogP contribution in [-0.4, -0.2) is 136 Å². The van der Waals surface area contributed by atoms with Crippen LogP contribution in [0.1, 0.15) is 47.2 Å². The quantitative estimate of drug-likeness (QED) is 0.193. The molecule has 0 bridgehead atoms. The largest absolute Gasteiger partial charge is 0.496 e. The van der Waals surface area contributed by atoms with Gasteiger partial charge in [0, 0.05) is 75.7 Å². The van der Waals surface area contributed by atoms with Crippen molar-refractivity contribution in [1.29, 1.82) is 0 Å². The van der Waals surface area contributed by atoms with E-state index in [0.29, 0.717) is 79.2 Å². The second-order valence-corrected chi connectivity index (χ2v) is 15.5. The Labute approximate surface area is 329 Å². The minimum atomic E-state index is -0.867. The normalized spacial score (nSPS) is 20.3. The lowest BCUT2D eigenvalue weighted by Gasteiger charge is -2.45. The number of carbonyl (C=O) groups excluding carboxylic acids is 2. The van der Waals surface area contributed by atoms with Gasteiger partial charge in [-0.05, 0) is 85.8 Å². The molecule has 3 fully saturated rings. The molecule has 3 amide bonds. The molecule has 2 aromatic carbocycles. The first kappa shape index (κ1) is 38.5. The molecule has 290 valence electrons. The molecule has 16 heteroatoms. The lowest BCUT2D eigenvalue weighted by molar-refractivity contribution is -0.138. The maximum Gasteiger partial charge on any atom is 0.318 e. The van der Waals surface area contributed by atoms with Crippen molar-refractivity contribution < 1.29 is 24.2 Å². The molecule has 0 radical (unpaired) electrons. The van der Waals surface area contributed by atoms with E-state index in [2.05, 4.69) is 30.6 Å². The molecule has 1 unspecified atom stereocenters. The van der Waals surface area contributed by atoms with E-state index in [1.54, 1.807) is 42.7 Å². The summed E-state index contributed by atoms with van der Waals surface area (Å²) in [5.41, 5.74) is 2.95. The minimum absolute atomic E-state index is 0.0275. The first-order valence-corrected chi connectivity index (χ1v) is 19.3. The highest BCUT2D eigenvalue weighted by atomic mass is 35.5. The third-order valence-electron chi connectivity index (χ3n) is 11.5. The number of piperazine rings is 1. The second-order valence-electron chi connectivity index (χ2n) is 14.7. The average Bonchev–Trinajstić information content (AvgIpc) is 3.91. The number of amides is 3. The lowest BCUT2D eigenvalue weighted by atomic mass is 9.76. The first-order valence-electron chi connectivity index (χ1n) is 18.5. The molecular weight excluding hydrogens is 745 g/mol. The molecule has 3 N–H and O–H groups in total.